The minimum Gasteiger partial charge on any atom is -0.447 e. The van der Waals surface area contributed by atoms with Crippen molar-refractivity contribution in [3.63, 3.8) is 0 Å². The highest BCUT2D eigenvalue weighted by molar-refractivity contribution is 5.90. The minimum absolute atomic E-state index is 0.455. The summed E-state index contributed by atoms with van der Waals surface area (Å²) < 4.78 is 53.0. The Morgan fingerprint density at radius 3 is 2.09 bits per heavy atom. The molecule has 4 rings (SSSR count). The number of fused-ring (bicyclic) bond motifs is 2. The molecule has 0 amide bonds. The molecular weight excluding hydrogens is 421 g/mol. The lowest BCUT2D eigenvalue weighted by molar-refractivity contribution is -0.255. The van der Waals surface area contributed by atoms with Crippen LogP contribution in [0.2, 0.25) is 0 Å². The predicted molar refractivity (Wildman–Crippen MR) is 103 cm³/mol. The lowest BCUT2D eigenvalue weighted by Crippen LogP contribution is -2.57. The zero-order valence-electron chi connectivity index (χ0n) is 16.6. The van der Waals surface area contributed by atoms with Gasteiger partial charge < -0.3 is 9.47 Å². The molecule has 160 valence electrons. The summed E-state index contributed by atoms with van der Waals surface area (Å²) in [6.07, 6.45) is -6.61. The maximum absolute atomic E-state index is 13.8. The standard InChI is InChI=1S/C23H15F3N4O2/c1-20-17(14-7-3-2-4-8-14)22(13-29,19(30)32-20)21(11-27,12-28)18(31-20)15-9-5-6-10-16(15)23(24,25)26/h2-10,17-18,30H,1H3. The van der Waals surface area contributed by atoms with Crippen molar-refractivity contribution >= 4 is 5.90 Å². The van der Waals surface area contributed by atoms with E-state index in [0.29, 0.717) is 5.56 Å². The van der Waals surface area contributed by atoms with Crippen LogP contribution in [0.3, 0.4) is 0 Å². The normalized spacial score (nSPS) is 30.5. The number of benzene rings is 2. The molecule has 2 aromatic carbocycles. The molecule has 32 heavy (non-hydrogen) atoms. The summed E-state index contributed by atoms with van der Waals surface area (Å²) in [6.45, 7) is 1.40. The Labute approximate surface area is 181 Å². The van der Waals surface area contributed by atoms with Crippen LogP contribution in [0.5, 0.6) is 0 Å². The Balaban J connectivity index is 2.07. The van der Waals surface area contributed by atoms with Crippen molar-refractivity contribution in [2.24, 2.45) is 10.8 Å². The summed E-state index contributed by atoms with van der Waals surface area (Å²) in [5, 5.41) is 39.2. The maximum Gasteiger partial charge on any atom is 0.416 e. The predicted octanol–water partition coefficient (Wildman–Crippen LogP) is 4.83. The largest absolute Gasteiger partial charge is 0.447 e. The number of nitrogens with one attached hydrogen (secondary N) is 1. The molecule has 2 fully saturated rings. The monoisotopic (exact) mass is 436 g/mol. The molecule has 2 heterocycles. The molecule has 9 heteroatoms. The van der Waals surface area contributed by atoms with Crippen LogP contribution in [-0.4, -0.2) is 11.7 Å². The smallest absolute Gasteiger partial charge is 0.416 e. The van der Waals surface area contributed by atoms with E-state index < -0.39 is 51.8 Å². The third-order valence-corrected chi connectivity index (χ3v) is 6.20. The summed E-state index contributed by atoms with van der Waals surface area (Å²) >= 11 is 0. The van der Waals surface area contributed by atoms with E-state index >= 15 is 0 Å². The van der Waals surface area contributed by atoms with Crippen molar-refractivity contribution in [3.05, 3.63) is 71.3 Å². The van der Waals surface area contributed by atoms with Crippen molar-refractivity contribution in [2.75, 3.05) is 0 Å². The van der Waals surface area contributed by atoms with Crippen LogP contribution in [0, 0.1) is 50.2 Å². The molecule has 1 N–H and O–H groups in total. The van der Waals surface area contributed by atoms with Gasteiger partial charge in [-0.05, 0) is 17.2 Å². The molecule has 0 spiro atoms. The average Bonchev–Trinajstić information content (AvgIpc) is 2.96. The van der Waals surface area contributed by atoms with Crippen molar-refractivity contribution in [2.45, 2.75) is 30.9 Å². The van der Waals surface area contributed by atoms with Gasteiger partial charge in [0.2, 0.25) is 17.1 Å². The molecule has 4 atom stereocenters. The van der Waals surface area contributed by atoms with Crippen molar-refractivity contribution in [3.8, 4) is 18.2 Å². The summed E-state index contributed by atoms with van der Waals surface area (Å²) in [5.41, 5.74) is -5.83. The topological polar surface area (TPSA) is 114 Å². The molecule has 2 bridgehead atoms. The van der Waals surface area contributed by atoms with E-state index in [9.17, 15) is 29.0 Å². The molecule has 6 nitrogen and oxygen atoms in total. The van der Waals surface area contributed by atoms with E-state index in [2.05, 4.69) is 0 Å². The molecule has 0 aliphatic carbocycles. The second-order valence-corrected chi connectivity index (χ2v) is 7.83. The van der Waals surface area contributed by atoms with Gasteiger partial charge in [-0.2, -0.15) is 29.0 Å². The zero-order chi connectivity index (χ0) is 23.4. The zero-order valence-corrected chi connectivity index (χ0v) is 16.6. The van der Waals surface area contributed by atoms with Crippen molar-refractivity contribution in [1.82, 2.24) is 0 Å². The van der Waals surface area contributed by atoms with Gasteiger partial charge in [0.1, 0.15) is 6.10 Å². The number of halogens is 3. The Kier molecular flexibility index (Phi) is 4.55. The van der Waals surface area contributed by atoms with Crippen LogP contribution >= 0.6 is 0 Å². The Hall–Kier alpha value is -3.87. The van der Waals surface area contributed by atoms with Gasteiger partial charge in [0.05, 0.1) is 29.7 Å². The number of hydrogen-bond acceptors (Lipinski definition) is 6. The molecule has 2 aliphatic heterocycles. The van der Waals surface area contributed by atoms with Crippen LogP contribution in [-0.2, 0) is 15.7 Å². The number of alkyl halides is 3. The molecule has 2 aromatic rings. The van der Waals surface area contributed by atoms with Crippen molar-refractivity contribution < 1.29 is 22.6 Å². The third-order valence-electron chi connectivity index (χ3n) is 6.20. The highest BCUT2D eigenvalue weighted by atomic mass is 19.4. The van der Waals surface area contributed by atoms with Gasteiger partial charge in [0.15, 0.2) is 5.41 Å². The van der Waals surface area contributed by atoms with Gasteiger partial charge in [0, 0.05) is 6.92 Å². The summed E-state index contributed by atoms with van der Waals surface area (Å²) in [6, 6.07) is 18.2. The van der Waals surface area contributed by atoms with Gasteiger partial charge in [-0.1, -0.05) is 48.5 Å². The molecular formula is C23H15F3N4O2. The van der Waals surface area contributed by atoms with E-state index in [1.165, 1.54) is 19.1 Å². The lowest BCUT2D eigenvalue weighted by Gasteiger charge is -2.49. The Morgan fingerprint density at radius 2 is 1.53 bits per heavy atom. The minimum atomic E-state index is -4.80. The van der Waals surface area contributed by atoms with E-state index in [4.69, 9.17) is 14.9 Å². The molecule has 4 unspecified atom stereocenters. The van der Waals surface area contributed by atoms with E-state index in [1.54, 1.807) is 42.5 Å². The fraction of sp³-hybridized carbons (Fsp3) is 0.304. The van der Waals surface area contributed by atoms with Gasteiger partial charge in [-0.15, -0.1) is 0 Å². The summed E-state index contributed by atoms with van der Waals surface area (Å²) in [7, 11) is 0. The molecule has 0 saturated carbocycles. The second-order valence-electron chi connectivity index (χ2n) is 7.83. The SMILES string of the molecule is CC12OC(=N)C(C#N)(C1c1ccccc1)C(C#N)(C#N)C(c1ccccc1C(F)(F)F)O2. The summed E-state index contributed by atoms with van der Waals surface area (Å²) in [5.74, 6) is -3.57. The summed E-state index contributed by atoms with van der Waals surface area (Å²) in [4.78, 5) is 0. The molecule has 2 saturated heterocycles. The number of hydrogen-bond donors (Lipinski definition) is 1. The van der Waals surface area contributed by atoms with Gasteiger partial charge in [-0.3, -0.25) is 5.41 Å². The van der Waals surface area contributed by atoms with Crippen LogP contribution in [0.1, 0.15) is 35.6 Å². The third kappa shape index (κ3) is 2.51. The van der Waals surface area contributed by atoms with E-state index in [0.717, 1.165) is 12.1 Å². The first-order chi connectivity index (χ1) is 15.1. The van der Waals surface area contributed by atoms with Crippen molar-refractivity contribution in [1.29, 1.82) is 21.2 Å². The second kappa shape index (κ2) is 6.82. The number of rotatable bonds is 2. The van der Waals surface area contributed by atoms with E-state index in [1.807, 2.05) is 6.07 Å². The van der Waals surface area contributed by atoms with Crippen LogP contribution in [0.4, 0.5) is 13.2 Å². The molecule has 0 aromatic heterocycles. The fourth-order valence-corrected chi connectivity index (χ4v) is 4.90. The van der Waals surface area contributed by atoms with Crippen LogP contribution in [0.25, 0.3) is 0 Å². The number of nitrogens with zero attached hydrogens (tertiary/aromatic N) is 3. The number of ether oxygens (including phenoxy) is 2. The van der Waals surface area contributed by atoms with Gasteiger partial charge in [0.25, 0.3) is 0 Å². The average molecular weight is 436 g/mol. The quantitative estimate of drug-likeness (QED) is 0.724. The van der Waals surface area contributed by atoms with E-state index in [-0.39, 0.29) is 0 Å². The highest BCUT2D eigenvalue weighted by Crippen LogP contribution is 2.69. The maximum atomic E-state index is 13.8. The van der Waals surface area contributed by atoms with Gasteiger partial charge in [-0.25, -0.2) is 0 Å². The van der Waals surface area contributed by atoms with Crippen LogP contribution < -0.4 is 0 Å². The first-order valence-electron chi connectivity index (χ1n) is 9.52. The Bertz CT molecular complexity index is 1210. The first kappa shape index (κ1) is 21.4. The van der Waals surface area contributed by atoms with Gasteiger partial charge >= 0.3 is 6.18 Å². The molecule has 0 radical (unpaired) electrons. The Morgan fingerprint density at radius 1 is 0.938 bits per heavy atom. The highest BCUT2D eigenvalue weighted by Gasteiger charge is 2.80. The first-order valence-corrected chi connectivity index (χ1v) is 9.52. The molecule has 2 aliphatic rings. The fourth-order valence-electron chi connectivity index (χ4n) is 4.90. The number of nitriles is 3. The van der Waals surface area contributed by atoms with Crippen LogP contribution in [0.15, 0.2) is 54.6 Å². The lowest BCUT2D eigenvalue weighted by atomic mass is 9.52.